The second-order valence-electron chi connectivity index (χ2n) is 7.56. The average molecular weight is 366 g/mol. The summed E-state index contributed by atoms with van der Waals surface area (Å²) >= 11 is 0. The third-order valence-electron chi connectivity index (χ3n) is 5.80. The lowest BCUT2D eigenvalue weighted by Crippen LogP contribution is -2.38. The van der Waals surface area contributed by atoms with Crippen LogP contribution in [0.1, 0.15) is 23.4 Å². The van der Waals surface area contributed by atoms with Crippen LogP contribution in [-0.2, 0) is 14.2 Å². The van der Waals surface area contributed by atoms with Gasteiger partial charge in [-0.3, -0.25) is 4.79 Å². The van der Waals surface area contributed by atoms with Crippen molar-refractivity contribution >= 4 is 5.91 Å². The van der Waals surface area contributed by atoms with E-state index < -0.39 is 0 Å². The molecular formula is C18H26N2O6. The van der Waals surface area contributed by atoms with Crippen LogP contribution in [0.5, 0.6) is 5.88 Å². The lowest BCUT2D eigenvalue weighted by atomic mass is 9.82. The molecule has 0 spiro atoms. The van der Waals surface area contributed by atoms with Crippen molar-refractivity contribution in [1.82, 2.24) is 10.1 Å². The number of fused-ring (bicyclic) bond motifs is 1. The lowest BCUT2D eigenvalue weighted by molar-refractivity contribution is -0.0151. The molecule has 4 heterocycles. The normalized spacial score (nSPS) is 29.1. The van der Waals surface area contributed by atoms with Gasteiger partial charge < -0.3 is 28.4 Å². The Hall–Kier alpha value is -1.64. The van der Waals surface area contributed by atoms with E-state index in [1.807, 2.05) is 4.90 Å². The second-order valence-corrected chi connectivity index (χ2v) is 7.56. The molecule has 1 amide bonds. The topological polar surface area (TPSA) is 83.3 Å². The summed E-state index contributed by atoms with van der Waals surface area (Å²) in [6.45, 7) is 5.61. The van der Waals surface area contributed by atoms with Crippen molar-refractivity contribution < 1.29 is 28.3 Å². The molecule has 26 heavy (non-hydrogen) atoms. The molecule has 3 aliphatic rings. The van der Waals surface area contributed by atoms with Crippen LogP contribution in [0.25, 0.3) is 0 Å². The fourth-order valence-corrected chi connectivity index (χ4v) is 4.14. The zero-order chi connectivity index (χ0) is 18.0. The summed E-state index contributed by atoms with van der Waals surface area (Å²) in [5.41, 5.74) is -0.120. The highest BCUT2D eigenvalue weighted by atomic mass is 16.5. The van der Waals surface area contributed by atoms with E-state index in [4.69, 9.17) is 23.5 Å². The van der Waals surface area contributed by atoms with Crippen LogP contribution >= 0.6 is 0 Å². The molecule has 0 bridgehead atoms. The number of carbonyl (C=O) groups excluding carboxylic acids is 1. The van der Waals surface area contributed by atoms with Crippen LogP contribution in [0.15, 0.2) is 10.6 Å². The summed E-state index contributed by atoms with van der Waals surface area (Å²) in [4.78, 5) is 14.5. The van der Waals surface area contributed by atoms with Gasteiger partial charge in [0.05, 0.1) is 33.0 Å². The molecule has 2 atom stereocenters. The first-order valence-electron chi connectivity index (χ1n) is 9.23. The van der Waals surface area contributed by atoms with Crippen LogP contribution < -0.4 is 4.74 Å². The zero-order valence-electron chi connectivity index (χ0n) is 15.1. The Labute approximate surface area is 152 Å². The van der Waals surface area contributed by atoms with Crippen molar-refractivity contribution in [2.75, 3.05) is 59.8 Å². The van der Waals surface area contributed by atoms with Crippen molar-refractivity contribution in [2.45, 2.75) is 12.8 Å². The molecule has 0 radical (unpaired) electrons. The SMILES string of the molecule is COc1cc(C(=O)N2C[C@@H]3COC[C@]3(COCC3CCOCC3)C2)on1. The highest BCUT2D eigenvalue weighted by Gasteiger charge is 2.52. The van der Waals surface area contributed by atoms with Crippen molar-refractivity contribution in [1.29, 1.82) is 0 Å². The Bertz CT molecular complexity index is 629. The average Bonchev–Trinajstić information content (AvgIpc) is 3.36. The first-order chi connectivity index (χ1) is 12.7. The predicted molar refractivity (Wildman–Crippen MR) is 90.1 cm³/mol. The van der Waals surface area contributed by atoms with Crippen LogP contribution in [0.4, 0.5) is 0 Å². The molecular weight excluding hydrogens is 340 g/mol. The largest absolute Gasteiger partial charge is 0.479 e. The van der Waals surface area contributed by atoms with Crippen molar-refractivity contribution in [2.24, 2.45) is 17.3 Å². The first-order valence-corrected chi connectivity index (χ1v) is 9.23. The molecule has 4 rings (SSSR count). The number of methoxy groups -OCH3 is 1. The molecule has 1 aromatic rings. The Morgan fingerprint density at radius 1 is 1.38 bits per heavy atom. The smallest absolute Gasteiger partial charge is 0.292 e. The maximum atomic E-state index is 12.7. The van der Waals surface area contributed by atoms with Gasteiger partial charge in [0.15, 0.2) is 0 Å². The van der Waals surface area contributed by atoms with Crippen LogP contribution in [-0.4, -0.2) is 75.8 Å². The van der Waals surface area contributed by atoms with Gasteiger partial charge in [-0.15, -0.1) is 0 Å². The maximum Gasteiger partial charge on any atom is 0.292 e. The maximum absolute atomic E-state index is 12.7. The molecule has 0 saturated carbocycles. The number of carbonyl (C=O) groups is 1. The molecule has 3 fully saturated rings. The van der Waals surface area contributed by atoms with E-state index in [2.05, 4.69) is 5.16 Å². The molecule has 0 aliphatic carbocycles. The fraction of sp³-hybridized carbons (Fsp3) is 0.778. The molecule has 3 aliphatic heterocycles. The standard InChI is InChI=1S/C18H26N2O6/c1-22-16-6-15(26-19-16)17(21)20-7-14-9-25-12-18(14,10-20)11-24-8-13-2-4-23-5-3-13/h6,13-14H,2-5,7-12H2,1H3/t14-,18-/m1/s1. The first kappa shape index (κ1) is 17.8. The number of aromatic nitrogens is 1. The quantitative estimate of drug-likeness (QED) is 0.748. The van der Waals surface area contributed by atoms with Gasteiger partial charge in [-0.1, -0.05) is 0 Å². The molecule has 0 N–H and O–H groups in total. The summed E-state index contributed by atoms with van der Waals surface area (Å²) in [5.74, 6) is 1.23. The molecule has 0 unspecified atom stereocenters. The Balaban J connectivity index is 1.35. The molecule has 0 aromatic carbocycles. The van der Waals surface area contributed by atoms with E-state index in [0.29, 0.717) is 50.6 Å². The Kier molecular flexibility index (Phi) is 5.15. The molecule has 8 nitrogen and oxygen atoms in total. The second kappa shape index (κ2) is 7.54. The third kappa shape index (κ3) is 3.45. The Morgan fingerprint density at radius 3 is 3.00 bits per heavy atom. The fourth-order valence-electron chi connectivity index (χ4n) is 4.14. The minimum Gasteiger partial charge on any atom is -0.479 e. The summed E-state index contributed by atoms with van der Waals surface area (Å²) in [6, 6.07) is 1.53. The number of ether oxygens (including phenoxy) is 4. The van der Waals surface area contributed by atoms with Gasteiger partial charge in [-0.25, -0.2) is 0 Å². The van der Waals surface area contributed by atoms with Gasteiger partial charge in [0, 0.05) is 44.2 Å². The van der Waals surface area contributed by atoms with E-state index in [1.54, 1.807) is 0 Å². The van der Waals surface area contributed by atoms with Gasteiger partial charge in [-0.2, -0.15) is 0 Å². The third-order valence-corrected chi connectivity index (χ3v) is 5.80. The monoisotopic (exact) mass is 366 g/mol. The molecule has 3 saturated heterocycles. The summed E-state index contributed by atoms with van der Waals surface area (Å²) in [6.07, 6.45) is 2.12. The van der Waals surface area contributed by atoms with Crippen molar-refractivity contribution in [3.63, 3.8) is 0 Å². The number of likely N-dealkylation sites (tertiary alicyclic amines) is 1. The van der Waals surface area contributed by atoms with Gasteiger partial charge in [0.2, 0.25) is 5.76 Å². The highest BCUT2D eigenvalue weighted by Crippen LogP contribution is 2.42. The van der Waals surface area contributed by atoms with E-state index in [0.717, 1.165) is 32.7 Å². The zero-order valence-corrected chi connectivity index (χ0v) is 15.1. The summed E-state index contributed by atoms with van der Waals surface area (Å²) in [7, 11) is 1.49. The number of rotatable bonds is 6. The summed E-state index contributed by atoms with van der Waals surface area (Å²) < 4.78 is 27.3. The van der Waals surface area contributed by atoms with Crippen LogP contribution in [0.3, 0.4) is 0 Å². The van der Waals surface area contributed by atoms with Crippen LogP contribution in [0, 0.1) is 17.3 Å². The molecule has 8 heteroatoms. The lowest BCUT2D eigenvalue weighted by Gasteiger charge is -2.28. The van der Waals surface area contributed by atoms with E-state index in [1.165, 1.54) is 13.2 Å². The van der Waals surface area contributed by atoms with Gasteiger partial charge in [-0.05, 0) is 23.9 Å². The van der Waals surface area contributed by atoms with E-state index in [-0.39, 0.29) is 17.1 Å². The molecule has 144 valence electrons. The highest BCUT2D eigenvalue weighted by molar-refractivity contribution is 5.92. The predicted octanol–water partition coefficient (Wildman–Crippen LogP) is 1.21. The van der Waals surface area contributed by atoms with Crippen molar-refractivity contribution in [3.05, 3.63) is 11.8 Å². The van der Waals surface area contributed by atoms with Gasteiger partial charge in [0.1, 0.15) is 0 Å². The summed E-state index contributed by atoms with van der Waals surface area (Å²) in [5, 5.41) is 3.71. The van der Waals surface area contributed by atoms with Gasteiger partial charge >= 0.3 is 0 Å². The van der Waals surface area contributed by atoms with E-state index in [9.17, 15) is 4.79 Å². The molecule has 1 aromatic heterocycles. The van der Waals surface area contributed by atoms with Crippen molar-refractivity contribution in [3.8, 4) is 5.88 Å². The number of hydrogen-bond acceptors (Lipinski definition) is 7. The minimum atomic E-state index is -0.154. The van der Waals surface area contributed by atoms with Gasteiger partial charge in [0.25, 0.3) is 11.8 Å². The number of hydrogen-bond donors (Lipinski definition) is 0. The Morgan fingerprint density at radius 2 is 2.23 bits per heavy atom. The van der Waals surface area contributed by atoms with Crippen LogP contribution in [0.2, 0.25) is 0 Å². The van der Waals surface area contributed by atoms with E-state index >= 15 is 0 Å². The number of nitrogens with zero attached hydrogens (tertiary/aromatic N) is 2. The number of amides is 1. The minimum absolute atomic E-state index is 0.120.